The Bertz CT molecular complexity index is 2250. The standard InChI is InChI=1S/C40H26N4/c1-3-10-29(11-4-1)38-32-14-7-8-15-33(32)39(30-12-5-2-6-13-30)35-24-31(22-23-34(35)38)27-18-20-28(21-19-27)36-16-9-17-37(44-36)40-42-25-41-26-43-40/h1-26H. The molecule has 8 aromatic rings. The van der Waals surface area contributed by atoms with Gasteiger partial charge in [-0.15, -0.1) is 0 Å². The molecule has 2 heterocycles. The Hall–Kier alpha value is -6.00. The average molecular weight is 563 g/mol. The summed E-state index contributed by atoms with van der Waals surface area (Å²) in [4.78, 5) is 17.2. The number of nitrogens with zero attached hydrogens (tertiary/aromatic N) is 4. The van der Waals surface area contributed by atoms with E-state index >= 15 is 0 Å². The van der Waals surface area contributed by atoms with E-state index in [0.717, 1.165) is 22.5 Å². The second-order valence-corrected chi connectivity index (χ2v) is 10.7. The van der Waals surface area contributed by atoms with Crippen LogP contribution in [0.25, 0.3) is 77.7 Å². The van der Waals surface area contributed by atoms with Crippen LogP contribution in [0.4, 0.5) is 0 Å². The van der Waals surface area contributed by atoms with E-state index in [1.54, 1.807) is 0 Å². The highest BCUT2D eigenvalue weighted by Crippen LogP contribution is 2.44. The minimum atomic E-state index is 0.561. The number of benzene rings is 6. The maximum Gasteiger partial charge on any atom is 0.181 e. The molecule has 0 aliphatic rings. The van der Waals surface area contributed by atoms with E-state index in [-0.39, 0.29) is 0 Å². The lowest BCUT2D eigenvalue weighted by molar-refractivity contribution is 1.04. The molecule has 0 N–H and O–H groups in total. The molecule has 4 nitrogen and oxygen atoms in total. The van der Waals surface area contributed by atoms with Crippen molar-refractivity contribution in [2.24, 2.45) is 0 Å². The molecule has 0 aliphatic heterocycles. The molecule has 0 radical (unpaired) electrons. The smallest absolute Gasteiger partial charge is 0.181 e. The van der Waals surface area contributed by atoms with E-state index in [9.17, 15) is 0 Å². The van der Waals surface area contributed by atoms with Crippen molar-refractivity contribution < 1.29 is 0 Å². The summed E-state index contributed by atoms with van der Waals surface area (Å²) in [6, 6.07) is 51.7. The lowest BCUT2D eigenvalue weighted by Crippen LogP contribution is -1.93. The van der Waals surface area contributed by atoms with Gasteiger partial charge in [0.15, 0.2) is 5.82 Å². The van der Waals surface area contributed by atoms with Gasteiger partial charge in [0.05, 0.1) is 5.69 Å². The molecule has 0 saturated carbocycles. The Labute approximate surface area is 255 Å². The van der Waals surface area contributed by atoms with E-state index in [0.29, 0.717) is 5.82 Å². The van der Waals surface area contributed by atoms with Gasteiger partial charge in [-0.05, 0) is 73.1 Å². The van der Waals surface area contributed by atoms with Crippen molar-refractivity contribution in [2.75, 3.05) is 0 Å². The summed E-state index contributed by atoms with van der Waals surface area (Å²) in [7, 11) is 0. The fourth-order valence-electron chi connectivity index (χ4n) is 6.11. The highest BCUT2D eigenvalue weighted by atomic mass is 15.0. The minimum absolute atomic E-state index is 0.561. The molecule has 0 unspecified atom stereocenters. The van der Waals surface area contributed by atoms with E-state index in [2.05, 4.69) is 142 Å². The monoisotopic (exact) mass is 562 g/mol. The van der Waals surface area contributed by atoms with Crippen LogP contribution in [-0.4, -0.2) is 19.9 Å². The lowest BCUT2D eigenvalue weighted by Gasteiger charge is -2.18. The number of pyridine rings is 1. The van der Waals surface area contributed by atoms with Crippen molar-refractivity contribution in [1.29, 1.82) is 0 Å². The summed E-state index contributed by atoms with van der Waals surface area (Å²) in [6.07, 6.45) is 2.98. The first-order valence-corrected chi connectivity index (χ1v) is 14.6. The van der Waals surface area contributed by atoms with Gasteiger partial charge in [0.1, 0.15) is 18.3 Å². The zero-order valence-corrected chi connectivity index (χ0v) is 23.8. The topological polar surface area (TPSA) is 51.6 Å². The van der Waals surface area contributed by atoms with Gasteiger partial charge in [-0.1, -0.05) is 127 Å². The zero-order valence-electron chi connectivity index (χ0n) is 23.8. The minimum Gasteiger partial charge on any atom is -0.244 e. The van der Waals surface area contributed by atoms with Gasteiger partial charge in [-0.3, -0.25) is 0 Å². The Balaban J connectivity index is 1.29. The zero-order chi connectivity index (χ0) is 29.3. The third kappa shape index (κ3) is 4.59. The van der Waals surface area contributed by atoms with Crippen molar-refractivity contribution in [3.8, 4) is 56.2 Å². The first-order valence-electron chi connectivity index (χ1n) is 14.6. The molecule has 6 aromatic carbocycles. The number of fused-ring (bicyclic) bond motifs is 2. The Kier molecular flexibility index (Phi) is 6.43. The molecule has 2 aromatic heterocycles. The van der Waals surface area contributed by atoms with Crippen molar-refractivity contribution in [1.82, 2.24) is 19.9 Å². The summed E-state index contributed by atoms with van der Waals surface area (Å²) in [5.74, 6) is 0.561. The van der Waals surface area contributed by atoms with Crippen molar-refractivity contribution in [2.45, 2.75) is 0 Å². The van der Waals surface area contributed by atoms with Crippen molar-refractivity contribution in [3.63, 3.8) is 0 Å². The highest BCUT2D eigenvalue weighted by molar-refractivity contribution is 6.21. The Morgan fingerprint density at radius 3 is 1.52 bits per heavy atom. The third-order valence-corrected chi connectivity index (χ3v) is 8.13. The fraction of sp³-hybridized carbons (Fsp3) is 0. The van der Waals surface area contributed by atoms with Gasteiger partial charge < -0.3 is 0 Å². The first kappa shape index (κ1) is 25.7. The second-order valence-electron chi connectivity index (χ2n) is 10.7. The van der Waals surface area contributed by atoms with Crippen LogP contribution in [0, 0.1) is 0 Å². The largest absolute Gasteiger partial charge is 0.244 e. The van der Waals surface area contributed by atoms with Crippen molar-refractivity contribution in [3.05, 3.63) is 158 Å². The summed E-state index contributed by atoms with van der Waals surface area (Å²) in [5.41, 5.74) is 9.91. The van der Waals surface area contributed by atoms with E-state index in [1.807, 2.05) is 18.2 Å². The summed E-state index contributed by atoms with van der Waals surface area (Å²) in [5, 5.41) is 4.99. The van der Waals surface area contributed by atoms with E-state index < -0.39 is 0 Å². The maximum absolute atomic E-state index is 4.82. The van der Waals surface area contributed by atoms with E-state index in [1.165, 1.54) is 62.0 Å². The molecule has 0 amide bonds. The van der Waals surface area contributed by atoms with Gasteiger partial charge in [0.2, 0.25) is 0 Å². The van der Waals surface area contributed by atoms with Crippen LogP contribution < -0.4 is 0 Å². The average Bonchev–Trinajstić information content (AvgIpc) is 3.11. The van der Waals surface area contributed by atoms with Crippen LogP contribution in [0.15, 0.2) is 158 Å². The van der Waals surface area contributed by atoms with Gasteiger partial charge in [-0.2, -0.15) is 0 Å². The predicted molar refractivity (Wildman–Crippen MR) is 180 cm³/mol. The Morgan fingerprint density at radius 1 is 0.341 bits per heavy atom. The fourth-order valence-corrected chi connectivity index (χ4v) is 6.11. The van der Waals surface area contributed by atoms with Crippen LogP contribution in [0.5, 0.6) is 0 Å². The molecular weight excluding hydrogens is 536 g/mol. The SMILES string of the molecule is c1ccc(-c2c3ccccc3c(-c3ccccc3)c3cc(-c4ccc(-c5cccc(-c6ncncn6)n5)cc4)ccc23)cc1. The highest BCUT2D eigenvalue weighted by Gasteiger charge is 2.17. The molecule has 206 valence electrons. The lowest BCUT2D eigenvalue weighted by atomic mass is 9.85. The number of hydrogen-bond acceptors (Lipinski definition) is 4. The van der Waals surface area contributed by atoms with Gasteiger partial charge in [0, 0.05) is 5.56 Å². The number of rotatable bonds is 5. The van der Waals surface area contributed by atoms with Crippen LogP contribution in [-0.2, 0) is 0 Å². The molecule has 44 heavy (non-hydrogen) atoms. The van der Waals surface area contributed by atoms with Gasteiger partial charge >= 0.3 is 0 Å². The molecule has 0 bridgehead atoms. The van der Waals surface area contributed by atoms with Gasteiger partial charge in [-0.25, -0.2) is 19.9 Å². The molecule has 0 spiro atoms. The summed E-state index contributed by atoms with van der Waals surface area (Å²) < 4.78 is 0. The normalized spacial score (nSPS) is 11.2. The molecule has 0 aliphatic carbocycles. The van der Waals surface area contributed by atoms with Crippen molar-refractivity contribution >= 4 is 21.5 Å². The molecular formula is C40H26N4. The maximum atomic E-state index is 4.82. The molecule has 0 saturated heterocycles. The van der Waals surface area contributed by atoms with Gasteiger partial charge in [0.25, 0.3) is 0 Å². The number of aromatic nitrogens is 4. The van der Waals surface area contributed by atoms with Crippen LogP contribution >= 0.6 is 0 Å². The predicted octanol–water partition coefficient (Wildman–Crippen LogP) is 9.91. The van der Waals surface area contributed by atoms with Crippen LogP contribution in [0.3, 0.4) is 0 Å². The first-order chi connectivity index (χ1) is 21.8. The Morgan fingerprint density at radius 2 is 0.864 bits per heavy atom. The quantitative estimate of drug-likeness (QED) is 0.196. The molecule has 0 atom stereocenters. The summed E-state index contributed by atoms with van der Waals surface area (Å²) in [6.45, 7) is 0. The van der Waals surface area contributed by atoms with Crippen LogP contribution in [0.2, 0.25) is 0 Å². The molecule has 8 rings (SSSR count). The summed E-state index contributed by atoms with van der Waals surface area (Å²) >= 11 is 0. The third-order valence-electron chi connectivity index (χ3n) is 8.13. The second kappa shape index (κ2) is 11.0. The van der Waals surface area contributed by atoms with E-state index in [4.69, 9.17) is 4.98 Å². The van der Waals surface area contributed by atoms with Crippen LogP contribution in [0.1, 0.15) is 0 Å². The molecule has 0 fully saturated rings. The molecule has 4 heteroatoms. The number of hydrogen-bond donors (Lipinski definition) is 0.